The van der Waals surface area contributed by atoms with Crippen molar-refractivity contribution in [1.82, 2.24) is 10.6 Å². The number of amides is 2. The highest BCUT2D eigenvalue weighted by Gasteiger charge is 2.24. The molecule has 7 heteroatoms. The van der Waals surface area contributed by atoms with E-state index in [4.69, 9.17) is 9.47 Å². The first-order valence-electron chi connectivity index (χ1n) is 9.98. The fraction of sp³-hybridized carbons (Fsp3) is 0.500. The second-order valence-electron chi connectivity index (χ2n) is 7.16. The van der Waals surface area contributed by atoms with Gasteiger partial charge >= 0.3 is 0 Å². The monoisotopic (exact) mass is 399 g/mol. The zero-order valence-corrected chi connectivity index (χ0v) is 17.3. The molecule has 0 spiro atoms. The molecule has 29 heavy (non-hydrogen) atoms. The standard InChI is InChI=1S/C22H29N3O4/c1-4-24-21(26)14-29-19-10-9-16(12-20(19)28-3)11-17(13-23)22(27)25-18-8-6-5-7-15(18)2/h9-12,15,18H,4-8,14H2,1-3H3,(H,24,26)(H,25,27)/b17-11+/t15-,18-/m1/s1. The Bertz CT molecular complexity index is 798. The van der Waals surface area contributed by atoms with Crippen molar-refractivity contribution in [2.45, 2.75) is 45.6 Å². The van der Waals surface area contributed by atoms with Crippen LogP contribution in [0.3, 0.4) is 0 Å². The van der Waals surface area contributed by atoms with Gasteiger partial charge in [-0.1, -0.05) is 25.8 Å². The molecule has 0 radical (unpaired) electrons. The van der Waals surface area contributed by atoms with Gasteiger partial charge in [0, 0.05) is 12.6 Å². The number of nitriles is 1. The number of rotatable bonds is 8. The SMILES string of the molecule is CCNC(=O)COc1ccc(/C=C(\C#N)C(=O)N[C@@H]2CCCC[C@H]2C)cc1OC. The van der Waals surface area contributed by atoms with Gasteiger partial charge in [0.05, 0.1) is 7.11 Å². The minimum absolute atomic E-state index is 0.0424. The molecule has 156 valence electrons. The molecule has 0 saturated heterocycles. The molecule has 1 aromatic carbocycles. The van der Waals surface area contributed by atoms with E-state index in [0.717, 1.165) is 19.3 Å². The van der Waals surface area contributed by atoms with E-state index in [9.17, 15) is 14.9 Å². The average Bonchev–Trinajstić information content (AvgIpc) is 2.72. The normalized spacial score (nSPS) is 19.0. The number of hydrogen-bond acceptors (Lipinski definition) is 5. The molecule has 1 aliphatic carbocycles. The molecule has 2 N–H and O–H groups in total. The number of methoxy groups -OCH3 is 1. The number of nitrogens with zero attached hydrogens (tertiary/aromatic N) is 1. The first-order chi connectivity index (χ1) is 14.0. The van der Waals surface area contributed by atoms with E-state index >= 15 is 0 Å². The van der Waals surface area contributed by atoms with Crippen LogP contribution < -0.4 is 20.1 Å². The number of hydrogen-bond donors (Lipinski definition) is 2. The largest absolute Gasteiger partial charge is 0.493 e. The van der Waals surface area contributed by atoms with Crippen LogP contribution in [0.5, 0.6) is 11.5 Å². The van der Waals surface area contributed by atoms with Crippen molar-refractivity contribution in [3.8, 4) is 17.6 Å². The van der Waals surface area contributed by atoms with Gasteiger partial charge in [-0.2, -0.15) is 5.26 Å². The fourth-order valence-corrected chi connectivity index (χ4v) is 3.38. The molecule has 0 heterocycles. The van der Waals surface area contributed by atoms with Gasteiger partial charge in [-0.15, -0.1) is 0 Å². The first-order valence-corrected chi connectivity index (χ1v) is 9.98. The molecule has 1 aromatic rings. The highest BCUT2D eigenvalue weighted by molar-refractivity contribution is 6.01. The molecule has 7 nitrogen and oxygen atoms in total. The lowest BCUT2D eigenvalue weighted by Crippen LogP contribution is -2.41. The van der Waals surface area contributed by atoms with Crippen molar-refractivity contribution in [2.24, 2.45) is 5.92 Å². The predicted octanol–water partition coefficient (Wildman–Crippen LogP) is 2.81. The summed E-state index contributed by atoms with van der Waals surface area (Å²) in [5.74, 6) is 0.659. The molecular formula is C22H29N3O4. The number of carbonyl (C=O) groups is 2. The van der Waals surface area contributed by atoms with E-state index in [1.165, 1.54) is 19.6 Å². The number of carbonyl (C=O) groups excluding carboxylic acids is 2. The van der Waals surface area contributed by atoms with Crippen LogP contribution in [-0.4, -0.2) is 38.1 Å². The lowest BCUT2D eigenvalue weighted by atomic mass is 9.86. The van der Waals surface area contributed by atoms with Gasteiger partial charge in [0.2, 0.25) is 0 Å². The summed E-state index contributed by atoms with van der Waals surface area (Å²) in [4.78, 5) is 24.1. The van der Waals surface area contributed by atoms with Crippen LogP contribution in [0, 0.1) is 17.2 Å². The average molecular weight is 399 g/mol. The summed E-state index contributed by atoms with van der Waals surface area (Å²) in [5, 5.41) is 15.1. The molecular weight excluding hydrogens is 370 g/mol. The Morgan fingerprint density at radius 3 is 2.69 bits per heavy atom. The minimum atomic E-state index is -0.359. The predicted molar refractivity (Wildman–Crippen MR) is 110 cm³/mol. The van der Waals surface area contributed by atoms with Gasteiger partial charge < -0.3 is 20.1 Å². The molecule has 0 aliphatic heterocycles. The molecule has 2 amide bonds. The molecule has 1 aliphatic rings. The van der Waals surface area contributed by atoms with Crippen molar-refractivity contribution in [3.05, 3.63) is 29.3 Å². The number of ether oxygens (including phenoxy) is 2. The molecule has 0 unspecified atom stereocenters. The summed E-state index contributed by atoms with van der Waals surface area (Å²) in [6.45, 7) is 4.37. The van der Waals surface area contributed by atoms with Crippen LogP contribution in [0.25, 0.3) is 6.08 Å². The first kappa shape index (κ1) is 22.3. The Morgan fingerprint density at radius 2 is 2.03 bits per heavy atom. The maximum absolute atomic E-state index is 12.6. The van der Waals surface area contributed by atoms with Gasteiger partial charge in [0.15, 0.2) is 18.1 Å². The van der Waals surface area contributed by atoms with Crippen molar-refractivity contribution < 1.29 is 19.1 Å². The van der Waals surface area contributed by atoms with Crippen molar-refractivity contribution in [3.63, 3.8) is 0 Å². The van der Waals surface area contributed by atoms with Crippen molar-refractivity contribution >= 4 is 17.9 Å². The van der Waals surface area contributed by atoms with Crippen molar-refractivity contribution in [2.75, 3.05) is 20.3 Å². The molecule has 2 rings (SSSR count). The maximum atomic E-state index is 12.6. The number of likely N-dealkylation sites (N-methyl/N-ethyl adjacent to an activating group) is 1. The van der Waals surface area contributed by atoms with Gasteiger partial charge in [-0.3, -0.25) is 9.59 Å². The van der Waals surface area contributed by atoms with E-state index in [2.05, 4.69) is 17.6 Å². The Hall–Kier alpha value is -3.01. The molecule has 0 aromatic heterocycles. The Morgan fingerprint density at radius 1 is 1.28 bits per heavy atom. The van der Waals surface area contributed by atoms with E-state index in [0.29, 0.717) is 29.5 Å². The van der Waals surface area contributed by atoms with Crippen LogP contribution in [0.1, 0.15) is 45.1 Å². The Labute approximate surface area is 172 Å². The van der Waals surface area contributed by atoms with Crippen LogP contribution >= 0.6 is 0 Å². The van der Waals surface area contributed by atoms with Gasteiger partial charge in [-0.05, 0) is 49.5 Å². The maximum Gasteiger partial charge on any atom is 0.262 e. The third-order valence-electron chi connectivity index (χ3n) is 5.02. The van der Waals surface area contributed by atoms with Gasteiger partial charge in [0.1, 0.15) is 11.6 Å². The smallest absolute Gasteiger partial charge is 0.262 e. The Balaban J connectivity index is 2.10. The lowest BCUT2D eigenvalue weighted by molar-refractivity contribution is -0.123. The highest BCUT2D eigenvalue weighted by Crippen LogP contribution is 2.29. The van der Waals surface area contributed by atoms with E-state index in [1.807, 2.05) is 13.0 Å². The van der Waals surface area contributed by atoms with E-state index in [-0.39, 0.29) is 30.0 Å². The molecule has 2 atom stereocenters. The van der Waals surface area contributed by atoms with E-state index < -0.39 is 0 Å². The summed E-state index contributed by atoms with van der Waals surface area (Å²) < 4.78 is 10.8. The zero-order valence-electron chi connectivity index (χ0n) is 17.3. The van der Waals surface area contributed by atoms with Crippen molar-refractivity contribution in [1.29, 1.82) is 5.26 Å². The van der Waals surface area contributed by atoms with Crippen LogP contribution in [0.2, 0.25) is 0 Å². The van der Waals surface area contributed by atoms with Gasteiger partial charge in [-0.25, -0.2) is 0 Å². The number of nitrogens with one attached hydrogen (secondary N) is 2. The summed E-state index contributed by atoms with van der Waals surface area (Å²) in [6.07, 6.45) is 5.83. The second kappa shape index (κ2) is 11.1. The minimum Gasteiger partial charge on any atom is -0.493 e. The number of benzene rings is 1. The summed E-state index contributed by atoms with van der Waals surface area (Å²) >= 11 is 0. The van der Waals surface area contributed by atoms with Crippen LogP contribution in [0.4, 0.5) is 0 Å². The third kappa shape index (κ3) is 6.53. The van der Waals surface area contributed by atoms with Gasteiger partial charge in [0.25, 0.3) is 11.8 Å². The zero-order chi connectivity index (χ0) is 21.2. The summed E-state index contributed by atoms with van der Waals surface area (Å²) in [6, 6.07) is 7.12. The van der Waals surface area contributed by atoms with Crippen LogP contribution in [0.15, 0.2) is 23.8 Å². The lowest BCUT2D eigenvalue weighted by Gasteiger charge is -2.29. The molecule has 1 fully saturated rings. The fourth-order valence-electron chi connectivity index (χ4n) is 3.38. The second-order valence-corrected chi connectivity index (χ2v) is 7.16. The topological polar surface area (TPSA) is 100 Å². The van der Waals surface area contributed by atoms with Crippen LogP contribution in [-0.2, 0) is 9.59 Å². The molecule has 1 saturated carbocycles. The third-order valence-corrected chi connectivity index (χ3v) is 5.02. The quantitative estimate of drug-likeness (QED) is 0.517. The Kier molecular flexibility index (Phi) is 8.53. The molecule has 0 bridgehead atoms. The summed E-state index contributed by atoms with van der Waals surface area (Å²) in [5.41, 5.74) is 0.677. The van der Waals surface area contributed by atoms with E-state index in [1.54, 1.807) is 18.2 Å². The highest BCUT2D eigenvalue weighted by atomic mass is 16.5. The summed E-state index contributed by atoms with van der Waals surface area (Å²) in [7, 11) is 1.49.